The third-order valence-corrected chi connectivity index (χ3v) is 2.28. The second kappa shape index (κ2) is 8.13. The number of likely N-dealkylation sites (N-methyl/N-ethyl adjacent to an activating group) is 1. The largest absolute Gasteiger partial charge is 0.348 e. The first kappa shape index (κ1) is 14.9. The second-order valence-corrected chi connectivity index (χ2v) is 3.47. The lowest BCUT2D eigenvalue weighted by Crippen LogP contribution is -2.34. The maximum absolute atomic E-state index is 11.4. The number of benzene rings is 1. The molecule has 0 heterocycles. The first-order valence-corrected chi connectivity index (χ1v) is 5.26. The van der Waals surface area contributed by atoms with E-state index >= 15 is 0 Å². The van der Waals surface area contributed by atoms with Crippen LogP contribution in [0.25, 0.3) is 0 Å². The maximum atomic E-state index is 11.4. The van der Waals surface area contributed by atoms with Crippen molar-refractivity contribution in [3.8, 4) is 0 Å². The van der Waals surface area contributed by atoms with Gasteiger partial charge in [0.25, 0.3) is 0 Å². The minimum absolute atomic E-state index is 0. The lowest BCUT2D eigenvalue weighted by molar-refractivity contribution is -0.120. The van der Waals surface area contributed by atoms with E-state index in [1.165, 1.54) is 0 Å². The number of hydrogen-bond donors (Lipinski definition) is 2. The van der Waals surface area contributed by atoms with Crippen LogP contribution in [0.3, 0.4) is 0 Å². The van der Waals surface area contributed by atoms with Crippen molar-refractivity contribution >= 4 is 18.3 Å². The Balaban J connectivity index is 0.00000225. The number of nitrogens with one attached hydrogen (secondary N) is 2. The Bertz CT molecular complexity index is 303. The molecule has 4 heteroatoms. The van der Waals surface area contributed by atoms with Gasteiger partial charge in [0.15, 0.2) is 0 Å². The van der Waals surface area contributed by atoms with Gasteiger partial charge in [0, 0.05) is 0 Å². The van der Waals surface area contributed by atoms with Gasteiger partial charge < -0.3 is 10.6 Å². The summed E-state index contributed by atoms with van der Waals surface area (Å²) in [5.74, 6) is 0.0354. The summed E-state index contributed by atoms with van der Waals surface area (Å²) < 4.78 is 0. The molecule has 90 valence electrons. The number of amides is 1. The molecule has 1 aromatic rings. The molecule has 1 unspecified atom stereocenters. The summed E-state index contributed by atoms with van der Waals surface area (Å²) in [5.41, 5.74) is 1.16. The molecule has 1 atom stereocenters. The van der Waals surface area contributed by atoms with Gasteiger partial charge in [0.1, 0.15) is 0 Å². The zero-order chi connectivity index (χ0) is 11.1. The summed E-state index contributed by atoms with van der Waals surface area (Å²) in [6.07, 6.45) is 0.902. The standard InChI is InChI=1S/C12H18N2O.ClH/c1-3-11(14-12(15)9-13-2)10-7-5-4-6-8-10;/h4-8,11,13H,3,9H2,1-2H3,(H,14,15);1H. The smallest absolute Gasteiger partial charge is 0.234 e. The zero-order valence-electron chi connectivity index (χ0n) is 9.69. The molecule has 16 heavy (non-hydrogen) atoms. The maximum Gasteiger partial charge on any atom is 0.234 e. The molecule has 0 aliphatic carbocycles. The normalized spacial score (nSPS) is 11.4. The molecule has 0 bridgehead atoms. The molecule has 0 spiro atoms. The third-order valence-electron chi connectivity index (χ3n) is 2.28. The van der Waals surface area contributed by atoms with Gasteiger partial charge in [-0.25, -0.2) is 0 Å². The average Bonchev–Trinajstić information content (AvgIpc) is 2.27. The summed E-state index contributed by atoms with van der Waals surface area (Å²) in [6, 6.07) is 10.1. The highest BCUT2D eigenvalue weighted by Crippen LogP contribution is 2.15. The number of halogens is 1. The fourth-order valence-electron chi connectivity index (χ4n) is 1.51. The van der Waals surface area contributed by atoms with Crippen LogP contribution in [-0.2, 0) is 4.79 Å². The zero-order valence-corrected chi connectivity index (χ0v) is 10.5. The van der Waals surface area contributed by atoms with Crippen LogP contribution in [0, 0.1) is 0 Å². The minimum atomic E-state index is 0. The topological polar surface area (TPSA) is 41.1 Å². The summed E-state index contributed by atoms with van der Waals surface area (Å²) in [4.78, 5) is 11.4. The van der Waals surface area contributed by atoms with Crippen LogP contribution in [0.5, 0.6) is 0 Å². The molecule has 1 rings (SSSR count). The molecule has 2 N–H and O–H groups in total. The molecule has 0 aromatic heterocycles. The van der Waals surface area contributed by atoms with Crippen molar-refractivity contribution in [2.45, 2.75) is 19.4 Å². The Hall–Kier alpha value is -1.06. The van der Waals surface area contributed by atoms with Gasteiger partial charge in [0.05, 0.1) is 12.6 Å². The molecule has 0 aliphatic rings. The fourth-order valence-corrected chi connectivity index (χ4v) is 1.51. The predicted molar refractivity (Wildman–Crippen MR) is 68.8 cm³/mol. The monoisotopic (exact) mass is 242 g/mol. The predicted octanol–water partition coefficient (Wildman–Crippen LogP) is 1.90. The van der Waals surface area contributed by atoms with E-state index in [4.69, 9.17) is 0 Å². The first-order valence-electron chi connectivity index (χ1n) is 5.26. The van der Waals surface area contributed by atoms with Crippen LogP contribution in [0.2, 0.25) is 0 Å². The van der Waals surface area contributed by atoms with E-state index in [1.54, 1.807) is 7.05 Å². The highest BCUT2D eigenvalue weighted by Gasteiger charge is 2.10. The van der Waals surface area contributed by atoms with Gasteiger partial charge in [-0.2, -0.15) is 0 Å². The van der Waals surface area contributed by atoms with Crippen molar-refractivity contribution in [3.05, 3.63) is 35.9 Å². The second-order valence-electron chi connectivity index (χ2n) is 3.47. The summed E-state index contributed by atoms with van der Waals surface area (Å²) in [6.45, 7) is 2.43. The molecule has 1 amide bonds. The Morgan fingerprint density at radius 1 is 1.31 bits per heavy atom. The number of carbonyl (C=O) groups excluding carboxylic acids is 1. The van der Waals surface area contributed by atoms with Crippen molar-refractivity contribution in [2.24, 2.45) is 0 Å². The summed E-state index contributed by atoms with van der Waals surface area (Å²) >= 11 is 0. The number of rotatable bonds is 5. The SMILES string of the molecule is CCC(NC(=O)CNC)c1ccccc1.Cl. The molecule has 0 aliphatic heterocycles. The molecule has 0 radical (unpaired) electrons. The van der Waals surface area contributed by atoms with Gasteiger partial charge in [-0.15, -0.1) is 12.4 Å². The van der Waals surface area contributed by atoms with Gasteiger partial charge in [-0.1, -0.05) is 37.3 Å². The summed E-state index contributed by atoms with van der Waals surface area (Å²) in [5, 5.41) is 5.82. The van der Waals surface area contributed by atoms with Gasteiger partial charge in [-0.3, -0.25) is 4.79 Å². The molecule has 0 saturated heterocycles. The van der Waals surface area contributed by atoms with Crippen LogP contribution < -0.4 is 10.6 Å². The lowest BCUT2D eigenvalue weighted by atomic mass is 10.0. The first-order chi connectivity index (χ1) is 7.27. The fraction of sp³-hybridized carbons (Fsp3) is 0.417. The van der Waals surface area contributed by atoms with Crippen molar-refractivity contribution < 1.29 is 4.79 Å². The molecule has 3 nitrogen and oxygen atoms in total. The van der Waals surface area contributed by atoms with Crippen molar-refractivity contribution in [3.63, 3.8) is 0 Å². The highest BCUT2D eigenvalue weighted by atomic mass is 35.5. The average molecular weight is 243 g/mol. The van der Waals surface area contributed by atoms with Crippen LogP contribution in [0.4, 0.5) is 0 Å². The summed E-state index contributed by atoms with van der Waals surface area (Å²) in [7, 11) is 1.77. The van der Waals surface area contributed by atoms with Crippen molar-refractivity contribution in [2.75, 3.05) is 13.6 Å². The minimum Gasteiger partial charge on any atom is -0.348 e. The third kappa shape index (κ3) is 4.64. The van der Waals surface area contributed by atoms with E-state index in [9.17, 15) is 4.79 Å². The van der Waals surface area contributed by atoms with E-state index in [1.807, 2.05) is 30.3 Å². The molecule has 1 aromatic carbocycles. The Labute approximate surface area is 103 Å². The number of hydrogen-bond acceptors (Lipinski definition) is 2. The number of carbonyl (C=O) groups is 1. The lowest BCUT2D eigenvalue weighted by Gasteiger charge is -2.17. The quantitative estimate of drug-likeness (QED) is 0.828. The molecular weight excluding hydrogens is 224 g/mol. The Kier molecular flexibility index (Phi) is 7.60. The van der Waals surface area contributed by atoms with Crippen molar-refractivity contribution in [1.29, 1.82) is 0 Å². The van der Waals surface area contributed by atoms with Crippen LogP contribution >= 0.6 is 12.4 Å². The molecule has 0 saturated carbocycles. The van der Waals surface area contributed by atoms with E-state index in [-0.39, 0.29) is 24.4 Å². The van der Waals surface area contributed by atoms with Crippen LogP contribution in [0.15, 0.2) is 30.3 Å². The van der Waals surface area contributed by atoms with Crippen molar-refractivity contribution in [1.82, 2.24) is 10.6 Å². The van der Waals surface area contributed by atoms with Gasteiger partial charge in [-0.05, 0) is 19.0 Å². The van der Waals surface area contributed by atoms with E-state index in [2.05, 4.69) is 17.6 Å². The van der Waals surface area contributed by atoms with Crippen LogP contribution in [0.1, 0.15) is 24.9 Å². The Morgan fingerprint density at radius 2 is 1.94 bits per heavy atom. The van der Waals surface area contributed by atoms with E-state index in [0.717, 1.165) is 12.0 Å². The molecule has 0 fully saturated rings. The highest BCUT2D eigenvalue weighted by molar-refractivity contribution is 5.85. The molecular formula is C12H19ClN2O. The van der Waals surface area contributed by atoms with E-state index in [0.29, 0.717) is 6.54 Å². The van der Waals surface area contributed by atoms with Gasteiger partial charge in [0.2, 0.25) is 5.91 Å². The van der Waals surface area contributed by atoms with E-state index < -0.39 is 0 Å². The Morgan fingerprint density at radius 3 is 2.44 bits per heavy atom. The van der Waals surface area contributed by atoms with Gasteiger partial charge >= 0.3 is 0 Å². The van der Waals surface area contributed by atoms with Crippen LogP contribution in [-0.4, -0.2) is 19.5 Å².